The van der Waals surface area contributed by atoms with E-state index in [1.165, 1.54) is 18.9 Å². The smallest absolute Gasteiger partial charge is 0.371 e. The number of nitrogens with zero attached hydrogens (tertiary/aromatic N) is 3. The summed E-state index contributed by atoms with van der Waals surface area (Å²) in [5.41, 5.74) is 4.51. The number of alkyl halides is 3. The van der Waals surface area contributed by atoms with E-state index in [0.29, 0.717) is 56.9 Å². The normalized spacial score (nSPS) is 22.8. The fourth-order valence-corrected chi connectivity index (χ4v) is 6.01. The summed E-state index contributed by atoms with van der Waals surface area (Å²) in [6.07, 6.45) is 3.27. The maximum absolute atomic E-state index is 13.4. The third kappa shape index (κ3) is 5.01. The molecule has 1 unspecified atom stereocenters. The molecule has 3 aliphatic rings. The van der Waals surface area contributed by atoms with Gasteiger partial charge in [0, 0.05) is 31.7 Å². The Kier molecular flexibility index (Phi) is 6.79. The average Bonchev–Trinajstić information content (AvgIpc) is 3.45. The minimum Gasteiger partial charge on any atom is -0.371 e. The largest absolute Gasteiger partial charge is 0.417 e. The number of piperidine rings is 1. The second-order valence-corrected chi connectivity index (χ2v) is 10.2. The molecule has 34 heavy (non-hydrogen) atoms. The zero-order valence-electron chi connectivity index (χ0n) is 19.2. The van der Waals surface area contributed by atoms with Crippen molar-refractivity contribution in [1.82, 2.24) is 4.90 Å². The van der Waals surface area contributed by atoms with Gasteiger partial charge in [0.25, 0.3) is 0 Å². The van der Waals surface area contributed by atoms with Crippen molar-refractivity contribution in [3.63, 3.8) is 0 Å². The molecule has 9 heteroatoms. The fraction of sp³-hybridized carbons (Fsp3) is 0.640. The van der Waals surface area contributed by atoms with E-state index in [1.807, 2.05) is 4.90 Å². The summed E-state index contributed by atoms with van der Waals surface area (Å²) in [6, 6.07) is 4.79. The average molecular weight is 477 g/mol. The number of benzene rings is 1. The number of likely N-dealkylation sites (tertiary alicyclic amines) is 1. The summed E-state index contributed by atoms with van der Waals surface area (Å²) in [5.74, 6) is 0.0807. The quantitative estimate of drug-likeness (QED) is 0.689. The zero-order valence-corrected chi connectivity index (χ0v) is 19.2. The van der Waals surface area contributed by atoms with Gasteiger partial charge >= 0.3 is 6.18 Å². The Morgan fingerprint density at radius 2 is 1.85 bits per heavy atom. The number of carbonyl (C=O) groups is 2. The van der Waals surface area contributed by atoms with E-state index >= 15 is 0 Å². The Bertz CT molecular complexity index is 973. The first-order valence-electron chi connectivity index (χ1n) is 12.1. The molecule has 1 aliphatic carbocycles. The van der Waals surface area contributed by atoms with Crippen LogP contribution in [0.4, 0.5) is 18.9 Å². The first-order valence-corrected chi connectivity index (χ1v) is 12.1. The summed E-state index contributed by atoms with van der Waals surface area (Å²) in [5, 5.41) is 9.03. The highest BCUT2D eigenvalue weighted by atomic mass is 19.4. The fourth-order valence-electron chi connectivity index (χ4n) is 6.01. The lowest BCUT2D eigenvalue weighted by molar-refractivity contribution is -0.138. The molecule has 1 aromatic rings. The van der Waals surface area contributed by atoms with Crippen molar-refractivity contribution >= 4 is 17.5 Å². The second kappa shape index (κ2) is 9.47. The first-order chi connectivity index (χ1) is 16.1. The van der Waals surface area contributed by atoms with Crippen molar-refractivity contribution in [1.29, 1.82) is 5.26 Å². The predicted octanol–water partition coefficient (Wildman–Crippen LogP) is 4.22. The van der Waals surface area contributed by atoms with Crippen molar-refractivity contribution in [2.75, 3.05) is 24.5 Å². The highest BCUT2D eigenvalue weighted by molar-refractivity contribution is 5.87. The standard InChI is InChI=1S/C25H31F3N4O2/c26-25(27,28)20-13-19(7-6-18(20)15-29)31-11-9-24(10-12-31)14-21(23(30)34)32(16-24)22(33)8-5-17-3-1-2-4-17/h6-7,13,17,21H,1-5,8-12,14,16H2,(H2,30,34). The van der Waals surface area contributed by atoms with E-state index in [4.69, 9.17) is 11.0 Å². The van der Waals surface area contributed by atoms with Crippen LogP contribution in [0.1, 0.15) is 68.9 Å². The minimum absolute atomic E-state index is 0.0167. The monoisotopic (exact) mass is 476 g/mol. The molecule has 0 radical (unpaired) electrons. The number of carbonyl (C=O) groups excluding carboxylic acids is 2. The Hall–Kier alpha value is -2.76. The van der Waals surface area contributed by atoms with Gasteiger partial charge in [0.15, 0.2) is 0 Å². The minimum atomic E-state index is -4.60. The van der Waals surface area contributed by atoms with Crippen LogP contribution in [0, 0.1) is 22.7 Å². The van der Waals surface area contributed by atoms with Gasteiger partial charge in [0.05, 0.1) is 17.2 Å². The van der Waals surface area contributed by atoms with Gasteiger partial charge in [-0.15, -0.1) is 0 Å². The number of rotatable bonds is 5. The molecule has 2 aliphatic heterocycles. The molecule has 6 nitrogen and oxygen atoms in total. The number of primary amides is 1. The number of hydrogen-bond acceptors (Lipinski definition) is 4. The van der Waals surface area contributed by atoms with Crippen molar-refractivity contribution in [2.45, 2.75) is 70.0 Å². The molecule has 4 rings (SSSR count). The van der Waals surface area contributed by atoms with E-state index in [2.05, 4.69) is 0 Å². The van der Waals surface area contributed by atoms with Crippen LogP contribution in [-0.2, 0) is 15.8 Å². The summed E-state index contributed by atoms with van der Waals surface area (Å²) in [4.78, 5) is 28.7. The van der Waals surface area contributed by atoms with Gasteiger partial charge in [-0.3, -0.25) is 9.59 Å². The molecular formula is C25H31F3N4O2. The molecular weight excluding hydrogens is 445 g/mol. The third-order valence-corrected chi connectivity index (χ3v) is 8.02. The number of amides is 2. The van der Waals surface area contributed by atoms with Crippen LogP contribution in [0.5, 0.6) is 0 Å². The SMILES string of the molecule is N#Cc1ccc(N2CCC3(CC2)CC(C(N)=O)N(C(=O)CCC2CCCC2)C3)cc1C(F)(F)F. The molecule has 2 heterocycles. The summed E-state index contributed by atoms with van der Waals surface area (Å²) >= 11 is 0. The Morgan fingerprint density at radius 3 is 2.44 bits per heavy atom. The number of anilines is 1. The molecule has 0 bridgehead atoms. The molecule has 184 valence electrons. The van der Waals surface area contributed by atoms with E-state index < -0.39 is 29.3 Å². The van der Waals surface area contributed by atoms with Crippen LogP contribution in [0.25, 0.3) is 0 Å². The van der Waals surface area contributed by atoms with Crippen LogP contribution in [0.3, 0.4) is 0 Å². The maximum atomic E-state index is 13.4. The van der Waals surface area contributed by atoms with Crippen molar-refractivity contribution in [3.8, 4) is 6.07 Å². The van der Waals surface area contributed by atoms with E-state index in [-0.39, 0.29) is 11.3 Å². The van der Waals surface area contributed by atoms with Gasteiger partial charge in [0.2, 0.25) is 11.8 Å². The topological polar surface area (TPSA) is 90.4 Å². The number of nitriles is 1. The zero-order chi connectivity index (χ0) is 24.5. The van der Waals surface area contributed by atoms with Crippen molar-refractivity contribution < 1.29 is 22.8 Å². The van der Waals surface area contributed by atoms with Gasteiger partial charge in [-0.25, -0.2) is 0 Å². The van der Waals surface area contributed by atoms with Gasteiger partial charge in [0.1, 0.15) is 6.04 Å². The molecule has 2 N–H and O–H groups in total. The molecule has 1 spiro atoms. The van der Waals surface area contributed by atoms with Crippen LogP contribution in [-0.4, -0.2) is 42.4 Å². The van der Waals surface area contributed by atoms with Gasteiger partial charge in [-0.2, -0.15) is 18.4 Å². The number of hydrogen-bond donors (Lipinski definition) is 1. The molecule has 3 fully saturated rings. The predicted molar refractivity (Wildman–Crippen MR) is 121 cm³/mol. The number of nitrogens with two attached hydrogens (primary N) is 1. The molecule has 1 saturated carbocycles. The first kappa shape index (κ1) is 24.4. The van der Waals surface area contributed by atoms with E-state index in [1.54, 1.807) is 17.0 Å². The lowest BCUT2D eigenvalue weighted by atomic mass is 9.76. The molecule has 0 aromatic heterocycles. The highest BCUT2D eigenvalue weighted by Crippen LogP contribution is 2.45. The van der Waals surface area contributed by atoms with Gasteiger partial charge in [-0.05, 0) is 55.2 Å². The van der Waals surface area contributed by atoms with Crippen molar-refractivity contribution in [2.24, 2.45) is 17.1 Å². The lowest BCUT2D eigenvalue weighted by Gasteiger charge is -2.40. The van der Waals surface area contributed by atoms with Crippen molar-refractivity contribution in [3.05, 3.63) is 29.3 Å². The van der Waals surface area contributed by atoms with Gasteiger partial charge in [-0.1, -0.05) is 25.7 Å². The summed E-state index contributed by atoms with van der Waals surface area (Å²) < 4.78 is 40.1. The molecule has 2 amide bonds. The van der Waals surface area contributed by atoms with Gasteiger partial charge < -0.3 is 15.5 Å². The second-order valence-electron chi connectivity index (χ2n) is 10.2. The number of halogens is 3. The third-order valence-electron chi connectivity index (χ3n) is 8.02. The van der Waals surface area contributed by atoms with Crippen LogP contribution >= 0.6 is 0 Å². The molecule has 1 aromatic carbocycles. The maximum Gasteiger partial charge on any atom is 0.417 e. The lowest BCUT2D eigenvalue weighted by Crippen LogP contribution is -2.44. The Morgan fingerprint density at radius 1 is 1.18 bits per heavy atom. The van der Waals surface area contributed by atoms with E-state index in [9.17, 15) is 22.8 Å². The summed E-state index contributed by atoms with van der Waals surface area (Å²) in [7, 11) is 0. The molecule has 2 saturated heterocycles. The van der Waals surface area contributed by atoms with Crippen LogP contribution < -0.4 is 10.6 Å². The Labute approximate surface area is 197 Å². The summed E-state index contributed by atoms with van der Waals surface area (Å²) in [6.45, 7) is 1.50. The van der Waals surface area contributed by atoms with Crippen LogP contribution in [0.15, 0.2) is 18.2 Å². The van der Waals surface area contributed by atoms with Crippen LogP contribution in [0.2, 0.25) is 0 Å². The van der Waals surface area contributed by atoms with E-state index in [0.717, 1.165) is 25.3 Å². The molecule has 1 atom stereocenters. The Balaban J connectivity index is 1.42. The highest BCUT2D eigenvalue weighted by Gasteiger charge is 2.49.